The summed E-state index contributed by atoms with van der Waals surface area (Å²) >= 11 is 0. The van der Waals surface area contributed by atoms with Crippen LogP contribution in [0.1, 0.15) is 40.5 Å². The highest BCUT2D eigenvalue weighted by molar-refractivity contribution is 7.33. The van der Waals surface area contributed by atoms with Crippen molar-refractivity contribution >= 4 is 20.2 Å². The summed E-state index contributed by atoms with van der Waals surface area (Å²) in [7, 11) is -1.83. The lowest BCUT2D eigenvalue weighted by Gasteiger charge is -2.01. The van der Waals surface area contributed by atoms with Gasteiger partial charge in [0.2, 0.25) is 0 Å². The Balaban J connectivity index is 0. The lowest BCUT2D eigenvalue weighted by molar-refractivity contribution is -0.149. The van der Waals surface area contributed by atoms with Gasteiger partial charge in [0, 0.05) is 4.57 Å². The Bertz CT molecular complexity index is 255. The first-order chi connectivity index (χ1) is 9.51. The van der Waals surface area contributed by atoms with Crippen molar-refractivity contribution in [3.05, 3.63) is 0 Å². The van der Waals surface area contributed by atoms with Gasteiger partial charge < -0.3 is 9.47 Å². The zero-order valence-electron chi connectivity index (χ0n) is 12.5. The van der Waals surface area contributed by atoms with Gasteiger partial charge in [0.1, 0.15) is 13.2 Å². The minimum Gasteiger partial charge on any atom is -0.466 e. The molecule has 0 aliphatic rings. The molecule has 0 amide bonds. The van der Waals surface area contributed by atoms with Crippen molar-refractivity contribution in [2.45, 2.75) is 40.5 Å². The molecule has 0 aliphatic heterocycles. The van der Waals surface area contributed by atoms with E-state index >= 15 is 0 Å². The minimum atomic E-state index is -1.83. The van der Waals surface area contributed by atoms with Gasteiger partial charge in [0.15, 0.2) is 0 Å². The molecule has 0 saturated heterocycles. The van der Waals surface area contributed by atoms with E-state index in [1.165, 1.54) is 0 Å². The van der Waals surface area contributed by atoms with Gasteiger partial charge in [-0.05, 0) is 27.7 Å². The predicted octanol–water partition coefficient (Wildman–Crippen LogP) is 2.61. The molecule has 0 aliphatic carbocycles. The zero-order valence-corrected chi connectivity index (χ0v) is 13.4. The Hall–Kier alpha value is -1.04. The summed E-state index contributed by atoms with van der Waals surface area (Å²) in [6.07, 6.45) is 0.208. The van der Waals surface area contributed by atoms with Crippen LogP contribution >= 0.6 is 8.25 Å². The molecule has 0 radical (unpaired) electrons. The van der Waals surface area contributed by atoms with Crippen LogP contribution in [0.15, 0.2) is 0 Å². The average Bonchev–Trinajstić information content (AvgIpc) is 2.38. The number of rotatable bonds is 9. The predicted molar refractivity (Wildman–Crippen MR) is 73.4 cm³/mol. The molecule has 0 atom stereocenters. The van der Waals surface area contributed by atoms with E-state index < -0.39 is 8.25 Å². The van der Waals surface area contributed by atoms with E-state index in [4.69, 9.17) is 0 Å². The van der Waals surface area contributed by atoms with Crippen LogP contribution in [0.4, 0.5) is 0 Å². The fraction of sp³-hybridized carbons (Fsp3) is 0.833. The normalized spacial score (nSPS) is 9.20. The second kappa shape index (κ2) is 16.0. The molecule has 0 spiro atoms. The fourth-order valence-corrected chi connectivity index (χ4v) is 1.41. The molecule has 0 aromatic heterocycles. The van der Waals surface area contributed by atoms with Crippen molar-refractivity contribution in [1.29, 1.82) is 0 Å². The number of ether oxygens (including phenoxy) is 2. The Labute approximate surface area is 120 Å². The van der Waals surface area contributed by atoms with Gasteiger partial charge in [-0.1, -0.05) is 0 Å². The largest absolute Gasteiger partial charge is 0.697 e. The SMILES string of the molecule is CCOC(=O)CCC(=O)OCC.CCO[P+](=O)OCC. The van der Waals surface area contributed by atoms with Gasteiger partial charge in [-0.15, -0.1) is 9.05 Å². The molecular weight excluding hydrogens is 287 g/mol. The van der Waals surface area contributed by atoms with Crippen LogP contribution < -0.4 is 0 Å². The topological polar surface area (TPSA) is 88.1 Å². The van der Waals surface area contributed by atoms with E-state index in [0.717, 1.165) is 0 Å². The summed E-state index contributed by atoms with van der Waals surface area (Å²) in [4.78, 5) is 21.4. The zero-order chi connectivity index (χ0) is 15.8. The molecule has 0 aromatic carbocycles. The third-order valence-corrected chi connectivity index (χ3v) is 2.55. The van der Waals surface area contributed by atoms with E-state index in [1.54, 1.807) is 27.7 Å². The summed E-state index contributed by atoms with van der Waals surface area (Å²) in [6.45, 7) is 8.57. The number of carbonyl (C=O) groups excluding carboxylic acids is 2. The number of esters is 2. The highest BCUT2D eigenvalue weighted by Crippen LogP contribution is 2.21. The number of hydrogen-bond donors (Lipinski definition) is 0. The molecule has 0 unspecified atom stereocenters. The molecule has 8 heteroatoms. The molecule has 0 aromatic rings. The van der Waals surface area contributed by atoms with Crippen LogP contribution in [0.25, 0.3) is 0 Å². The minimum absolute atomic E-state index is 0.104. The van der Waals surface area contributed by atoms with Crippen LogP contribution in [-0.2, 0) is 32.7 Å². The van der Waals surface area contributed by atoms with Crippen LogP contribution in [0.2, 0.25) is 0 Å². The second-order valence-corrected chi connectivity index (χ2v) is 4.13. The summed E-state index contributed by atoms with van der Waals surface area (Å²) < 4.78 is 28.7. The average molecular weight is 311 g/mol. The van der Waals surface area contributed by atoms with Crippen LogP contribution in [0, 0.1) is 0 Å². The van der Waals surface area contributed by atoms with Crippen molar-refractivity contribution < 1.29 is 32.7 Å². The number of hydrogen-bond acceptors (Lipinski definition) is 7. The molecule has 0 bridgehead atoms. The first-order valence-electron chi connectivity index (χ1n) is 6.55. The molecule has 0 fully saturated rings. The summed E-state index contributed by atoms with van der Waals surface area (Å²) in [5.74, 6) is -0.712. The van der Waals surface area contributed by atoms with Crippen molar-refractivity contribution in [1.82, 2.24) is 0 Å². The monoisotopic (exact) mass is 311 g/mol. The third-order valence-electron chi connectivity index (χ3n) is 1.61. The summed E-state index contributed by atoms with van der Waals surface area (Å²) in [5.41, 5.74) is 0. The van der Waals surface area contributed by atoms with E-state index in [-0.39, 0.29) is 24.8 Å². The fourth-order valence-electron chi connectivity index (χ4n) is 0.919. The Morgan fingerprint density at radius 3 is 1.35 bits per heavy atom. The Morgan fingerprint density at radius 1 is 0.750 bits per heavy atom. The highest BCUT2D eigenvalue weighted by Gasteiger charge is 2.15. The molecular formula is C12H24O7P+. The third kappa shape index (κ3) is 17.0. The van der Waals surface area contributed by atoms with Crippen molar-refractivity contribution in [2.75, 3.05) is 26.4 Å². The van der Waals surface area contributed by atoms with E-state index in [0.29, 0.717) is 26.4 Å². The van der Waals surface area contributed by atoms with Crippen molar-refractivity contribution in [3.8, 4) is 0 Å². The van der Waals surface area contributed by atoms with Crippen LogP contribution in [0.5, 0.6) is 0 Å². The van der Waals surface area contributed by atoms with Crippen molar-refractivity contribution in [3.63, 3.8) is 0 Å². The molecule has 118 valence electrons. The molecule has 7 nitrogen and oxygen atoms in total. The summed E-state index contributed by atoms with van der Waals surface area (Å²) in [6, 6.07) is 0. The van der Waals surface area contributed by atoms with Crippen LogP contribution in [0.3, 0.4) is 0 Å². The first kappa shape index (κ1) is 21.3. The Kier molecular flexibility index (Phi) is 17.0. The van der Waals surface area contributed by atoms with Crippen molar-refractivity contribution in [2.24, 2.45) is 0 Å². The van der Waals surface area contributed by atoms with Gasteiger partial charge in [-0.2, -0.15) is 0 Å². The van der Waals surface area contributed by atoms with Crippen LogP contribution in [-0.4, -0.2) is 38.4 Å². The lowest BCUT2D eigenvalue weighted by atomic mass is 10.3. The maximum absolute atomic E-state index is 10.7. The van der Waals surface area contributed by atoms with Gasteiger partial charge >= 0.3 is 20.2 Å². The summed E-state index contributed by atoms with van der Waals surface area (Å²) in [5, 5.41) is 0. The van der Waals surface area contributed by atoms with E-state index in [9.17, 15) is 14.2 Å². The quantitative estimate of drug-likeness (QED) is 0.477. The number of carbonyl (C=O) groups is 2. The first-order valence-corrected chi connectivity index (χ1v) is 7.65. The maximum Gasteiger partial charge on any atom is 0.697 e. The highest BCUT2D eigenvalue weighted by atomic mass is 31.1. The maximum atomic E-state index is 10.7. The molecule has 0 saturated carbocycles. The molecule has 0 N–H and O–H groups in total. The van der Waals surface area contributed by atoms with Gasteiger partial charge in [0.25, 0.3) is 0 Å². The standard InChI is InChI=1S/C8H14O4.C4H10O3P/c1-3-11-7(9)5-6-8(10)12-4-2;1-3-6-8(5)7-4-2/h3-6H2,1-2H3;3-4H2,1-2H3/q;+1. The van der Waals surface area contributed by atoms with Gasteiger partial charge in [-0.25, -0.2) is 0 Å². The second-order valence-electron chi connectivity index (χ2n) is 3.17. The molecule has 0 rings (SSSR count). The van der Waals surface area contributed by atoms with E-state index in [2.05, 4.69) is 18.5 Å². The van der Waals surface area contributed by atoms with Gasteiger partial charge in [-0.3, -0.25) is 9.59 Å². The van der Waals surface area contributed by atoms with E-state index in [1.807, 2.05) is 0 Å². The Morgan fingerprint density at radius 2 is 1.10 bits per heavy atom. The molecule has 0 heterocycles. The smallest absolute Gasteiger partial charge is 0.466 e. The lowest BCUT2D eigenvalue weighted by Crippen LogP contribution is -2.09. The van der Waals surface area contributed by atoms with Gasteiger partial charge in [0.05, 0.1) is 26.1 Å². The molecule has 20 heavy (non-hydrogen) atoms.